The number of likely N-dealkylation sites (tertiary alicyclic amines) is 1. The van der Waals surface area contributed by atoms with Crippen LogP contribution in [-0.2, 0) is 4.79 Å². The van der Waals surface area contributed by atoms with Gasteiger partial charge in [-0.2, -0.15) is 0 Å². The molecule has 4 nitrogen and oxygen atoms in total. The smallest absolute Gasteiger partial charge is 0.304 e. The molecule has 0 bridgehead atoms. The van der Waals surface area contributed by atoms with Gasteiger partial charge in [0, 0.05) is 13.1 Å². The highest BCUT2D eigenvalue weighted by Crippen LogP contribution is 2.14. The van der Waals surface area contributed by atoms with Crippen molar-refractivity contribution in [3.8, 4) is 0 Å². The summed E-state index contributed by atoms with van der Waals surface area (Å²) in [5.74, 6) is -0.798. The molecule has 12 heavy (non-hydrogen) atoms. The van der Waals surface area contributed by atoms with E-state index in [-0.39, 0.29) is 6.42 Å². The van der Waals surface area contributed by atoms with Crippen LogP contribution in [-0.4, -0.2) is 40.4 Å². The molecule has 1 rings (SSSR count). The maximum atomic E-state index is 10.2. The molecule has 0 aromatic rings. The zero-order valence-electron chi connectivity index (χ0n) is 7.07. The topological polar surface area (TPSA) is 60.8 Å². The number of nitrogens with zero attached hydrogens (tertiary/aromatic N) is 1. The Morgan fingerprint density at radius 3 is 2.83 bits per heavy atom. The Morgan fingerprint density at radius 2 is 2.25 bits per heavy atom. The van der Waals surface area contributed by atoms with Gasteiger partial charge in [-0.25, -0.2) is 0 Å². The summed E-state index contributed by atoms with van der Waals surface area (Å²) in [7, 11) is 0. The van der Waals surface area contributed by atoms with Gasteiger partial charge in [-0.05, 0) is 19.3 Å². The minimum Gasteiger partial charge on any atom is -0.481 e. The fourth-order valence-corrected chi connectivity index (χ4v) is 1.47. The van der Waals surface area contributed by atoms with E-state index in [1.165, 1.54) is 0 Å². The summed E-state index contributed by atoms with van der Waals surface area (Å²) in [5.41, 5.74) is 0. The average Bonchev–Trinajstić information content (AvgIpc) is 2.03. The largest absolute Gasteiger partial charge is 0.481 e. The summed E-state index contributed by atoms with van der Waals surface area (Å²) < 4.78 is 0. The monoisotopic (exact) mass is 173 g/mol. The maximum Gasteiger partial charge on any atom is 0.304 e. The first kappa shape index (κ1) is 9.48. The van der Waals surface area contributed by atoms with Crippen molar-refractivity contribution >= 4 is 5.97 Å². The molecule has 0 aromatic heterocycles. The lowest BCUT2D eigenvalue weighted by Crippen LogP contribution is -2.40. The lowest BCUT2D eigenvalue weighted by atomic mass is 10.1. The van der Waals surface area contributed by atoms with Crippen LogP contribution in [0.3, 0.4) is 0 Å². The van der Waals surface area contributed by atoms with Gasteiger partial charge in [0.05, 0.1) is 6.42 Å². The Labute approximate surface area is 71.8 Å². The highest BCUT2D eigenvalue weighted by atomic mass is 16.4. The van der Waals surface area contributed by atoms with E-state index in [4.69, 9.17) is 5.11 Å². The average molecular weight is 173 g/mol. The first-order chi connectivity index (χ1) is 5.70. The zero-order valence-corrected chi connectivity index (χ0v) is 7.07. The number of aliphatic hydroxyl groups excluding tert-OH is 1. The van der Waals surface area contributed by atoms with Crippen molar-refractivity contribution in [2.45, 2.75) is 31.9 Å². The lowest BCUT2D eigenvalue weighted by Gasteiger charge is -2.31. The fraction of sp³-hybridized carbons (Fsp3) is 0.875. The number of aliphatic carboxylic acids is 1. The van der Waals surface area contributed by atoms with Crippen molar-refractivity contribution in [2.75, 3.05) is 13.1 Å². The number of carboxylic acids is 1. The molecule has 0 amide bonds. The molecule has 0 radical (unpaired) electrons. The molecule has 1 saturated heterocycles. The standard InChI is InChI=1S/C8H15NO3/c10-7-3-1-2-5-9(7)6-4-8(11)12/h7,10H,1-6H2,(H,11,12). The van der Waals surface area contributed by atoms with Gasteiger partial charge in [-0.1, -0.05) is 0 Å². The van der Waals surface area contributed by atoms with Gasteiger partial charge < -0.3 is 10.2 Å². The summed E-state index contributed by atoms with van der Waals surface area (Å²) in [5, 5.41) is 17.8. The molecule has 0 saturated carbocycles. The quantitative estimate of drug-likeness (QED) is 0.643. The van der Waals surface area contributed by atoms with E-state index in [0.29, 0.717) is 6.54 Å². The second kappa shape index (κ2) is 4.42. The van der Waals surface area contributed by atoms with E-state index in [0.717, 1.165) is 25.8 Å². The molecular formula is C8H15NO3. The number of hydrogen-bond acceptors (Lipinski definition) is 3. The second-order valence-corrected chi connectivity index (χ2v) is 3.16. The van der Waals surface area contributed by atoms with Crippen LogP contribution in [0.25, 0.3) is 0 Å². The van der Waals surface area contributed by atoms with E-state index in [9.17, 15) is 9.90 Å². The predicted molar refractivity (Wildman–Crippen MR) is 43.7 cm³/mol. The predicted octanol–water partition coefficient (Wildman–Crippen LogP) is 0.265. The molecule has 1 atom stereocenters. The summed E-state index contributed by atoms with van der Waals surface area (Å²) in [6.07, 6.45) is 2.59. The number of piperidine rings is 1. The summed E-state index contributed by atoms with van der Waals surface area (Å²) in [6, 6.07) is 0. The molecular weight excluding hydrogens is 158 g/mol. The minimum atomic E-state index is -0.798. The third-order valence-corrected chi connectivity index (χ3v) is 2.19. The summed E-state index contributed by atoms with van der Waals surface area (Å²) in [4.78, 5) is 12.1. The molecule has 2 N–H and O–H groups in total. The van der Waals surface area contributed by atoms with Crippen LogP contribution in [0.2, 0.25) is 0 Å². The number of hydrogen-bond donors (Lipinski definition) is 2. The van der Waals surface area contributed by atoms with Gasteiger partial charge in [0.15, 0.2) is 0 Å². The molecule has 0 aliphatic carbocycles. The molecule has 1 aliphatic rings. The van der Waals surface area contributed by atoms with Gasteiger partial charge >= 0.3 is 5.97 Å². The van der Waals surface area contributed by atoms with Gasteiger partial charge in [0.25, 0.3) is 0 Å². The van der Waals surface area contributed by atoms with Crippen LogP contribution in [0.4, 0.5) is 0 Å². The molecule has 0 aromatic carbocycles. The van der Waals surface area contributed by atoms with Crippen molar-refractivity contribution in [3.63, 3.8) is 0 Å². The summed E-state index contributed by atoms with van der Waals surface area (Å²) >= 11 is 0. The Kier molecular flexibility index (Phi) is 3.49. The molecule has 1 unspecified atom stereocenters. The molecule has 1 heterocycles. The van der Waals surface area contributed by atoms with Gasteiger partial charge in [-0.3, -0.25) is 9.69 Å². The first-order valence-electron chi connectivity index (χ1n) is 4.34. The van der Waals surface area contributed by atoms with Gasteiger partial charge in [0.2, 0.25) is 0 Å². The van der Waals surface area contributed by atoms with Crippen LogP contribution in [0.15, 0.2) is 0 Å². The Balaban J connectivity index is 2.24. The SMILES string of the molecule is O=C(O)CCN1CCCCC1O. The number of aliphatic hydroxyl groups is 1. The van der Waals surface area contributed by atoms with Crippen molar-refractivity contribution in [1.82, 2.24) is 4.90 Å². The fourth-order valence-electron chi connectivity index (χ4n) is 1.47. The van der Waals surface area contributed by atoms with Crippen molar-refractivity contribution in [3.05, 3.63) is 0 Å². The van der Waals surface area contributed by atoms with E-state index in [2.05, 4.69) is 0 Å². The molecule has 70 valence electrons. The van der Waals surface area contributed by atoms with Crippen LogP contribution >= 0.6 is 0 Å². The van der Waals surface area contributed by atoms with Crippen molar-refractivity contribution < 1.29 is 15.0 Å². The van der Waals surface area contributed by atoms with E-state index in [1.807, 2.05) is 4.90 Å². The normalized spacial score (nSPS) is 25.6. The molecule has 0 spiro atoms. The third-order valence-electron chi connectivity index (χ3n) is 2.19. The Morgan fingerprint density at radius 1 is 1.50 bits per heavy atom. The van der Waals surface area contributed by atoms with Crippen LogP contribution < -0.4 is 0 Å². The molecule has 4 heteroatoms. The number of carboxylic acid groups (broad SMARTS) is 1. The van der Waals surface area contributed by atoms with Crippen molar-refractivity contribution in [2.24, 2.45) is 0 Å². The highest BCUT2D eigenvalue weighted by Gasteiger charge is 2.19. The Hall–Kier alpha value is -0.610. The van der Waals surface area contributed by atoms with Crippen molar-refractivity contribution in [1.29, 1.82) is 0 Å². The van der Waals surface area contributed by atoms with Gasteiger partial charge in [-0.15, -0.1) is 0 Å². The Bertz CT molecular complexity index is 160. The molecule has 1 aliphatic heterocycles. The minimum absolute atomic E-state index is 0.122. The summed E-state index contributed by atoms with van der Waals surface area (Å²) in [6.45, 7) is 1.30. The maximum absolute atomic E-state index is 10.2. The van der Waals surface area contributed by atoms with Gasteiger partial charge in [0.1, 0.15) is 6.23 Å². The molecule has 1 fully saturated rings. The van der Waals surface area contributed by atoms with E-state index >= 15 is 0 Å². The van der Waals surface area contributed by atoms with Crippen LogP contribution in [0, 0.1) is 0 Å². The highest BCUT2D eigenvalue weighted by molar-refractivity contribution is 5.66. The third kappa shape index (κ3) is 2.79. The second-order valence-electron chi connectivity index (χ2n) is 3.16. The van der Waals surface area contributed by atoms with Crippen LogP contribution in [0.1, 0.15) is 25.7 Å². The van der Waals surface area contributed by atoms with E-state index in [1.54, 1.807) is 0 Å². The zero-order chi connectivity index (χ0) is 8.97. The van der Waals surface area contributed by atoms with Crippen LogP contribution in [0.5, 0.6) is 0 Å². The number of carbonyl (C=O) groups is 1. The van der Waals surface area contributed by atoms with E-state index < -0.39 is 12.2 Å². The first-order valence-corrected chi connectivity index (χ1v) is 4.34. The number of rotatable bonds is 3. The lowest BCUT2D eigenvalue weighted by molar-refractivity contribution is -0.138.